The number of hydrogen-bond acceptors (Lipinski definition) is 1. The Morgan fingerprint density at radius 2 is 1.58 bits per heavy atom. The monoisotopic (exact) mass is 173 g/mol. The molecule has 1 heteroatoms. The maximum absolute atomic E-state index is 2.67. The number of rotatable bonds is 0. The maximum atomic E-state index is 2.67. The van der Waals surface area contributed by atoms with Gasteiger partial charge >= 0.3 is 0 Å². The van der Waals surface area contributed by atoms with Crippen molar-refractivity contribution in [2.75, 3.05) is 13.1 Å². The van der Waals surface area contributed by atoms with Gasteiger partial charge in [-0.25, -0.2) is 0 Å². The Morgan fingerprint density at radius 1 is 1.00 bits per heavy atom. The van der Waals surface area contributed by atoms with Crippen molar-refractivity contribution in [2.45, 2.75) is 59.4 Å². The molecule has 2 aliphatic rings. The minimum absolute atomic E-state index is 0. The van der Waals surface area contributed by atoms with Crippen LogP contribution >= 0.6 is 0 Å². The third-order valence-corrected chi connectivity index (χ3v) is 2.73. The van der Waals surface area contributed by atoms with Crippen LogP contribution in [0.4, 0.5) is 0 Å². The molecule has 0 saturated carbocycles. The molecule has 0 radical (unpaired) electrons. The molecule has 2 rings (SSSR count). The van der Waals surface area contributed by atoms with Gasteiger partial charge in [-0.3, -0.25) is 0 Å². The summed E-state index contributed by atoms with van der Waals surface area (Å²) in [5.74, 6) is 0. The van der Waals surface area contributed by atoms with Crippen molar-refractivity contribution in [3.05, 3.63) is 0 Å². The lowest BCUT2D eigenvalue weighted by atomic mass is 10.0. The molecule has 0 aromatic carbocycles. The van der Waals surface area contributed by atoms with Crippen molar-refractivity contribution in [1.82, 2.24) is 4.90 Å². The predicted molar refractivity (Wildman–Crippen MR) is 58.6 cm³/mol. The lowest BCUT2D eigenvalue weighted by molar-refractivity contribution is 0.198. The van der Waals surface area contributed by atoms with Crippen molar-refractivity contribution in [3.63, 3.8) is 0 Å². The van der Waals surface area contributed by atoms with Gasteiger partial charge in [-0.2, -0.15) is 0 Å². The van der Waals surface area contributed by atoms with E-state index < -0.39 is 0 Å². The van der Waals surface area contributed by atoms with Crippen LogP contribution in [0.3, 0.4) is 0 Å². The van der Waals surface area contributed by atoms with E-state index >= 15 is 0 Å². The molecule has 2 fully saturated rings. The Labute approximate surface area is 79.6 Å². The normalized spacial score (nSPS) is 28.0. The van der Waals surface area contributed by atoms with E-state index in [0.29, 0.717) is 0 Å². The van der Waals surface area contributed by atoms with E-state index in [1.807, 2.05) is 13.8 Å². The van der Waals surface area contributed by atoms with E-state index in [0.717, 1.165) is 6.04 Å². The summed E-state index contributed by atoms with van der Waals surface area (Å²) in [6.45, 7) is 6.79. The molecule has 0 N–H and O–H groups in total. The molecule has 0 bridgehead atoms. The summed E-state index contributed by atoms with van der Waals surface area (Å²) in [6.07, 6.45) is 7.38. The fourth-order valence-electron chi connectivity index (χ4n) is 2.21. The summed E-state index contributed by atoms with van der Waals surface area (Å²) in [5.41, 5.74) is 0. The quantitative estimate of drug-likeness (QED) is 0.541. The Morgan fingerprint density at radius 3 is 2.25 bits per heavy atom. The average molecular weight is 173 g/mol. The molecule has 2 saturated heterocycles. The molecule has 0 aromatic rings. The first-order chi connectivity index (χ1) is 5.47. The molecule has 0 aliphatic carbocycles. The van der Waals surface area contributed by atoms with E-state index in [-0.39, 0.29) is 8.85 Å². The summed E-state index contributed by atoms with van der Waals surface area (Å²) >= 11 is 0. The van der Waals surface area contributed by atoms with E-state index in [2.05, 4.69) is 4.90 Å². The lowest BCUT2D eigenvalue weighted by Crippen LogP contribution is -2.33. The van der Waals surface area contributed by atoms with Crippen LogP contribution < -0.4 is 0 Å². The second-order valence-electron chi connectivity index (χ2n) is 3.33. The zero-order valence-corrected chi connectivity index (χ0v) is 7.97. The van der Waals surface area contributed by atoms with Crippen molar-refractivity contribution < 1.29 is 1.43 Å². The van der Waals surface area contributed by atoms with Gasteiger partial charge in [0.1, 0.15) is 0 Å². The highest BCUT2D eigenvalue weighted by atomic mass is 15.2. The minimum atomic E-state index is 0. The second-order valence-corrected chi connectivity index (χ2v) is 3.33. The molecule has 76 valence electrons. The molecule has 0 unspecified atom stereocenters. The first-order valence-corrected chi connectivity index (χ1v) is 5.21. The Balaban J connectivity index is 0. The van der Waals surface area contributed by atoms with Crippen LogP contribution in [0.15, 0.2) is 0 Å². The van der Waals surface area contributed by atoms with Crippen LogP contribution in [0, 0.1) is 0 Å². The van der Waals surface area contributed by atoms with E-state index in [1.54, 1.807) is 0 Å². The summed E-state index contributed by atoms with van der Waals surface area (Å²) in [6, 6.07) is 0.999. The molecule has 0 amide bonds. The van der Waals surface area contributed by atoms with Gasteiger partial charge in [0.2, 0.25) is 0 Å². The SMILES string of the molecule is C.C1CCN2CCC[C@H]2C1.CC.[HH]. The van der Waals surface area contributed by atoms with Gasteiger partial charge in [0.25, 0.3) is 0 Å². The zero-order valence-electron chi connectivity index (χ0n) is 7.97. The van der Waals surface area contributed by atoms with Gasteiger partial charge in [-0.05, 0) is 38.8 Å². The first-order valence-electron chi connectivity index (χ1n) is 5.21. The molecule has 2 heterocycles. The summed E-state index contributed by atoms with van der Waals surface area (Å²) in [7, 11) is 0. The van der Waals surface area contributed by atoms with Gasteiger partial charge in [-0.15, -0.1) is 0 Å². The standard InChI is InChI=1S/C8H15N.C2H6.CH4.H2/c1-2-6-9-7-3-5-8(9)4-1;1-2;;/h8H,1-7H2;1-2H3;1H4;1H/t8-;;;/m1.../s1. The number of piperidine rings is 1. The van der Waals surface area contributed by atoms with E-state index in [1.165, 1.54) is 45.2 Å². The smallest absolute Gasteiger partial charge is 0.00957 e. The molecule has 1 atom stereocenters. The van der Waals surface area contributed by atoms with Crippen LogP contribution in [-0.4, -0.2) is 24.0 Å². The van der Waals surface area contributed by atoms with Crippen LogP contribution in [0.5, 0.6) is 0 Å². The van der Waals surface area contributed by atoms with E-state index in [4.69, 9.17) is 0 Å². The number of nitrogens with zero attached hydrogens (tertiary/aromatic N) is 1. The van der Waals surface area contributed by atoms with Crippen LogP contribution in [0.1, 0.15) is 54.8 Å². The number of hydrogen-bond donors (Lipinski definition) is 0. The maximum Gasteiger partial charge on any atom is 0.00957 e. The third kappa shape index (κ3) is 2.78. The van der Waals surface area contributed by atoms with Gasteiger partial charge in [0, 0.05) is 7.47 Å². The van der Waals surface area contributed by atoms with Crippen molar-refractivity contribution in [2.24, 2.45) is 0 Å². The Kier molecular flexibility index (Phi) is 6.45. The average Bonchev–Trinajstić information content (AvgIpc) is 2.55. The highest BCUT2D eigenvalue weighted by molar-refractivity contribution is 4.82. The van der Waals surface area contributed by atoms with E-state index in [9.17, 15) is 0 Å². The zero-order chi connectivity index (χ0) is 8.10. The molecular weight excluding hydrogens is 146 g/mol. The largest absolute Gasteiger partial charge is 0.300 e. The Bertz CT molecular complexity index is 94.3. The third-order valence-electron chi connectivity index (χ3n) is 2.73. The van der Waals surface area contributed by atoms with Gasteiger partial charge in [-0.1, -0.05) is 27.7 Å². The highest BCUT2D eigenvalue weighted by Gasteiger charge is 2.25. The molecule has 0 spiro atoms. The van der Waals surface area contributed by atoms with Crippen molar-refractivity contribution >= 4 is 0 Å². The fourth-order valence-corrected chi connectivity index (χ4v) is 2.21. The summed E-state index contributed by atoms with van der Waals surface area (Å²) < 4.78 is 0. The minimum Gasteiger partial charge on any atom is -0.300 e. The number of fused-ring (bicyclic) bond motifs is 1. The topological polar surface area (TPSA) is 3.24 Å². The van der Waals surface area contributed by atoms with Gasteiger partial charge in [0.15, 0.2) is 0 Å². The molecule has 12 heavy (non-hydrogen) atoms. The fraction of sp³-hybridized carbons (Fsp3) is 1.00. The molecule has 1 nitrogen and oxygen atoms in total. The van der Waals surface area contributed by atoms with Gasteiger partial charge < -0.3 is 4.90 Å². The second kappa shape index (κ2) is 6.47. The van der Waals surface area contributed by atoms with Crippen molar-refractivity contribution in [1.29, 1.82) is 0 Å². The predicted octanol–water partition coefficient (Wildman–Crippen LogP) is 3.54. The summed E-state index contributed by atoms with van der Waals surface area (Å²) in [5, 5.41) is 0. The Hall–Kier alpha value is -0.0400. The van der Waals surface area contributed by atoms with Crippen LogP contribution in [-0.2, 0) is 0 Å². The molecule has 0 aromatic heterocycles. The first kappa shape index (κ1) is 12.0. The lowest BCUT2D eigenvalue weighted by Gasteiger charge is -2.28. The van der Waals surface area contributed by atoms with Gasteiger partial charge in [0.05, 0.1) is 0 Å². The van der Waals surface area contributed by atoms with Crippen LogP contribution in [0.25, 0.3) is 0 Å². The summed E-state index contributed by atoms with van der Waals surface area (Å²) in [4.78, 5) is 2.67. The van der Waals surface area contributed by atoms with Crippen molar-refractivity contribution in [3.8, 4) is 0 Å². The van der Waals surface area contributed by atoms with Crippen LogP contribution in [0.2, 0.25) is 0 Å². The molecular formula is C11H27N. The highest BCUT2D eigenvalue weighted by Crippen LogP contribution is 2.25. The molecule has 2 aliphatic heterocycles.